The van der Waals surface area contributed by atoms with Crippen molar-refractivity contribution in [2.75, 3.05) is 19.9 Å². The van der Waals surface area contributed by atoms with Gasteiger partial charge in [-0.25, -0.2) is 0 Å². The van der Waals surface area contributed by atoms with E-state index in [4.69, 9.17) is 9.47 Å². The zero-order chi connectivity index (χ0) is 15.3. The molecule has 0 radical (unpaired) electrons. The molecule has 0 fully saturated rings. The Morgan fingerprint density at radius 2 is 1.81 bits per heavy atom. The number of fused-ring (bicyclic) bond motifs is 1. The largest absolute Gasteiger partial charge is 0.454 e. The molecule has 0 spiro atoms. The lowest BCUT2D eigenvalue weighted by Crippen LogP contribution is -2.41. The maximum atomic E-state index is 12.3. The lowest BCUT2D eigenvalue weighted by Gasteiger charge is -2.21. The molecule has 0 aliphatic carbocycles. The van der Waals surface area contributed by atoms with Crippen LogP contribution in [0.5, 0.6) is 11.5 Å². The number of rotatable bonds is 8. The fourth-order valence-corrected chi connectivity index (χ4v) is 3.55. The van der Waals surface area contributed by atoms with Gasteiger partial charge in [0.2, 0.25) is 6.79 Å². The van der Waals surface area contributed by atoms with Gasteiger partial charge in [0.05, 0.1) is 0 Å². The van der Waals surface area contributed by atoms with E-state index in [1.807, 2.05) is 19.9 Å². The topological polar surface area (TPSA) is 67.9 Å². The van der Waals surface area contributed by atoms with E-state index in [9.17, 15) is 8.42 Å². The Bertz CT molecular complexity index is 568. The number of ether oxygens (including phenoxy) is 2. The van der Waals surface area contributed by atoms with Crippen LogP contribution < -0.4 is 14.2 Å². The molecule has 0 atom stereocenters. The van der Waals surface area contributed by atoms with Crippen LogP contribution in [0.4, 0.5) is 0 Å². The number of benzene rings is 1. The van der Waals surface area contributed by atoms with Gasteiger partial charge in [-0.15, -0.1) is 0 Å². The molecule has 6 nitrogen and oxygen atoms in total. The van der Waals surface area contributed by atoms with Gasteiger partial charge in [0.25, 0.3) is 10.2 Å². The molecule has 21 heavy (non-hydrogen) atoms. The van der Waals surface area contributed by atoms with Crippen LogP contribution in [-0.4, -0.2) is 32.6 Å². The molecule has 0 amide bonds. The van der Waals surface area contributed by atoms with E-state index in [0.29, 0.717) is 24.6 Å². The lowest BCUT2D eigenvalue weighted by atomic mass is 10.2. The molecule has 0 aromatic heterocycles. The second kappa shape index (κ2) is 7.11. The molecule has 0 saturated heterocycles. The average Bonchev–Trinajstić information content (AvgIpc) is 2.92. The van der Waals surface area contributed by atoms with Gasteiger partial charge in [-0.2, -0.15) is 17.4 Å². The normalized spacial score (nSPS) is 13.9. The second-order valence-electron chi connectivity index (χ2n) is 4.91. The Morgan fingerprint density at radius 1 is 1.14 bits per heavy atom. The molecule has 1 N–H and O–H groups in total. The van der Waals surface area contributed by atoms with Crippen LogP contribution in [0.25, 0.3) is 0 Å². The van der Waals surface area contributed by atoms with E-state index in [0.717, 1.165) is 18.4 Å². The van der Waals surface area contributed by atoms with Crippen LogP contribution in [0.1, 0.15) is 32.3 Å². The van der Waals surface area contributed by atoms with Crippen LogP contribution in [0.15, 0.2) is 18.2 Å². The summed E-state index contributed by atoms with van der Waals surface area (Å²) >= 11 is 0. The summed E-state index contributed by atoms with van der Waals surface area (Å²) in [5.74, 6) is 1.35. The van der Waals surface area contributed by atoms with Gasteiger partial charge in [0.15, 0.2) is 11.5 Å². The predicted molar refractivity (Wildman–Crippen MR) is 80.5 cm³/mol. The first kappa shape index (κ1) is 16.1. The highest BCUT2D eigenvalue weighted by molar-refractivity contribution is 7.87. The van der Waals surface area contributed by atoms with Crippen molar-refractivity contribution in [2.24, 2.45) is 0 Å². The van der Waals surface area contributed by atoms with Crippen molar-refractivity contribution in [1.29, 1.82) is 0 Å². The highest BCUT2D eigenvalue weighted by atomic mass is 32.2. The Morgan fingerprint density at radius 3 is 2.48 bits per heavy atom. The lowest BCUT2D eigenvalue weighted by molar-refractivity contribution is 0.174. The standard InChI is InChI=1S/C14H22N2O4S/c1-3-7-16(8-4-2)21(17,18)15-10-12-5-6-13-14(9-12)20-11-19-13/h5-6,9,15H,3-4,7-8,10-11H2,1-2H3. The molecular formula is C14H22N2O4S. The molecule has 1 aromatic carbocycles. The monoisotopic (exact) mass is 314 g/mol. The molecule has 7 heteroatoms. The van der Waals surface area contributed by atoms with Crippen LogP contribution >= 0.6 is 0 Å². The quantitative estimate of drug-likeness (QED) is 0.795. The van der Waals surface area contributed by atoms with Crippen LogP contribution in [0.2, 0.25) is 0 Å². The van der Waals surface area contributed by atoms with Crippen molar-refractivity contribution < 1.29 is 17.9 Å². The van der Waals surface area contributed by atoms with Crippen molar-refractivity contribution in [3.05, 3.63) is 23.8 Å². The summed E-state index contributed by atoms with van der Waals surface area (Å²) in [6.45, 7) is 5.45. The summed E-state index contributed by atoms with van der Waals surface area (Å²) < 4.78 is 39.2. The van der Waals surface area contributed by atoms with Crippen molar-refractivity contribution in [3.8, 4) is 11.5 Å². The van der Waals surface area contributed by atoms with Crippen LogP contribution in [0.3, 0.4) is 0 Å². The average molecular weight is 314 g/mol. The van der Waals surface area contributed by atoms with E-state index < -0.39 is 10.2 Å². The minimum atomic E-state index is -3.45. The Labute approximate surface area is 126 Å². The van der Waals surface area contributed by atoms with E-state index in [1.54, 1.807) is 12.1 Å². The fourth-order valence-electron chi connectivity index (χ4n) is 2.17. The third-order valence-corrected chi connectivity index (χ3v) is 4.74. The Hall–Kier alpha value is -1.31. The summed E-state index contributed by atoms with van der Waals surface area (Å²) in [7, 11) is -3.45. The molecule has 1 aromatic rings. The SMILES string of the molecule is CCCN(CCC)S(=O)(=O)NCc1ccc2c(c1)OCO2. The van der Waals surface area contributed by atoms with Gasteiger partial charge in [0.1, 0.15) is 0 Å². The fraction of sp³-hybridized carbons (Fsp3) is 0.571. The minimum Gasteiger partial charge on any atom is -0.454 e. The molecular weight excluding hydrogens is 292 g/mol. The smallest absolute Gasteiger partial charge is 0.279 e. The molecule has 2 rings (SSSR count). The summed E-state index contributed by atoms with van der Waals surface area (Å²) in [6.07, 6.45) is 1.59. The third-order valence-electron chi connectivity index (χ3n) is 3.18. The first-order valence-corrected chi connectivity index (χ1v) is 8.64. The zero-order valence-corrected chi connectivity index (χ0v) is 13.3. The van der Waals surface area contributed by atoms with Crippen LogP contribution in [0, 0.1) is 0 Å². The molecule has 118 valence electrons. The van der Waals surface area contributed by atoms with E-state index in [-0.39, 0.29) is 13.3 Å². The summed E-state index contributed by atoms with van der Waals surface area (Å²) in [5.41, 5.74) is 0.843. The van der Waals surface area contributed by atoms with Crippen molar-refractivity contribution >= 4 is 10.2 Å². The van der Waals surface area contributed by atoms with Crippen molar-refractivity contribution in [2.45, 2.75) is 33.2 Å². The molecule has 0 bridgehead atoms. The van der Waals surface area contributed by atoms with Crippen molar-refractivity contribution in [1.82, 2.24) is 9.03 Å². The Kier molecular flexibility index (Phi) is 5.44. The maximum absolute atomic E-state index is 12.3. The number of hydrogen-bond donors (Lipinski definition) is 1. The summed E-state index contributed by atoms with van der Waals surface area (Å²) in [4.78, 5) is 0. The van der Waals surface area contributed by atoms with E-state index in [2.05, 4.69) is 4.72 Å². The second-order valence-corrected chi connectivity index (χ2v) is 6.67. The Balaban J connectivity index is 2.00. The maximum Gasteiger partial charge on any atom is 0.279 e. The van der Waals surface area contributed by atoms with E-state index >= 15 is 0 Å². The minimum absolute atomic E-state index is 0.214. The van der Waals surface area contributed by atoms with Gasteiger partial charge in [-0.05, 0) is 30.5 Å². The third kappa shape index (κ3) is 4.09. The molecule has 0 unspecified atom stereocenters. The molecule has 0 saturated carbocycles. The van der Waals surface area contributed by atoms with Gasteiger partial charge in [-0.1, -0.05) is 19.9 Å². The highest BCUT2D eigenvalue weighted by Gasteiger charge is 2.20. The van der Waals surface area contributed by atoms with Gasteiger partial charge < -0.3 is 9.47 Å². The summed E-state index contributed by atoms with van der Waals surface area (Å²) in [6, 6.07) is 5.43. The zero-order valence-electron chi connectivity index (χ0n) is 12.5. The molecule has 1 aliphatic rings. The first-order chi connectivity index (χ1) is 10.1. The number of nitrogens with one attached hydrogen (secondary N) is 1. The van der Waals surface area contributed by atoms with Gasteiger partial charge in [-0.3, -0.25) is 0 Å². The summed E-state index contributed by atoms with van der Waals surface area (Å²) in [5, 5.41) is 0. The van der Waals surface area contributed by atoms with Crippen LogP contribution in [-0.2, 0) is 16.8 Å². The molecule has 1 heterocycles. The number of nitrogens with zero attached hydrogens (tertiary/aromatic N) is 1. The number of hydrogen-bond acceptors (Lipinski definition) is 4. The molecule has 1 aliphatic heterocycles. The highest BCUT2D eigenvalue weighted by Crippen LogP contribution is 2.32. The van der Waals surface area contributed by atoms with Crippen molar-refractivity contribution in [3.63, 3.8) is 0 Å². The first-order valence-electron chi connectivity index (χ1n) is 7.20. The van der Waals surface area contributed by atoms with Gasteiger partial charge >= 0.3 is 0 Å². The predicted octanol–water partition coefficient (Wildman–Crippen LogP) is 1.87. The van der Waals surface area contributed by atoms with E-state index in [1.165, 1.54) is 4.31 Å². The van der Waals surface area contributed by atoms with Gasteiger partial charge in [0, 0.05) is 19.6 Å².